The second kappa shape index (κ2) is 6.54. The highest BCUT2D eigenvalue weighted by atomic mass is 16.3. The first-order valence-electron chi connectivity index (χ1n) is 6.13. The van der Waals surface area contributed by atoms with Crippen molar-refractivity contribution in [3.63, 3.8) is 0 Å². The summed E-state index contributed by atoms with van der Waals surface area (Å²) in [6.45, 7) is 7.77. The SMILES string of the molecule is CCC(C)CNC(C)Cc1ccc(O)cc1. The Bertz CT molecular complexity index is 294. The van der Waals surface area contributed by atoms with Crippen LogP contribution in [0.3, 0.4) is 0 Å². The number of nitrogens with one attached hydrogen (secondary N) is 1. The van der Waals surface area contributed by atoms with Crippen molar-refractivity contribution in [1.29, 1.82) is 0 Å². The molecule has 0 aliphatic heterocycles. The Morgan fingerprint density at radius 1 is 1.19 bits per heavy atom. The van der Waals surface area contributed by atoms with Gasteiger partial charge in [-0.2, -0.15) is 0 Å². The summed E-state index contributed by atoms with van der Waals surface area (Å²) in [5.41, 5.74) is 1.27. The van der Waals surface area contributed by atoms with E-state index in [9.17, 15) is 5.11 Å². The van der Waals surface area contributed by atoms with E-state index in [2.05, 4.69) is 26.1 Å². The van der Waals surface area contributed by atoms with E-state index in [1.165, 1.54) is 12.0 Å². The summed E-state index contributed by atoms with van der Waals surface area (Å²) in [6.07, 6.45) is 2.23. The molecule has 2 nitrogen and oxygen atoms in total. The summed E-state index contributed by atoms with van der Waals surface area (Å²) in [7, 11) is 0. The largest absolute Gasteiger partial charge is 0.508 e. The number of aromatic hydroxyl groups is 1. The van der Waals surface area contributed by atoms with Crippen molar-refractivity contribution in [2.45, 2.75) is 39.7 Å². The molecule has 0 saturated carbocycles. The van der Waals surface area contributed by atoms with Gasteiger partial charge in [0.1, 0.15) is 5.75 Å². The molecule has 0 amide bonds. The molecule has 0 saturated heterocycles. The van der Waals surface area contributed by atoms with E-state index < -0.39 is 0 Å². The first kappa shape index (κ1) is 13.0. The van der Waals surface area contributed by atoms with Crippen molar-refractivity contribution in [3.8, 4) is 5.75 Å². The van der Waals surface area contributed by atoms with Gasteiger partial charge in [0.2, 0.25) is 0 Å². The number of rotatable bonds is 6. The lowest BCUT2D eigenvalue weighted by Crippen LogP contribution is -2.31. The lowest BCUT2D eigenvalue weighted by Gasteiger charge is -2.16. The molecule has 0 aliphatic rings. The number of phenols is 1. The molecule has 2 N–H and O–H groups in total. The van der Waals surface area contributed by atoms with Gasteiger partial charge in [0.05, 0.1) is 0 Å². The summed E-state index contributed by atoms with van der Waals surface area (Å²) in [6, 6.07) is 7.94. The second-order valence-electron chi connectivity index (χ2n) is 4.69. The van der Waals surface area contributed by atoms with Crippen LogP contribution in [0.25, 0.3) is 0 Å². The fraction of sp³-hybridized carbons (Fsp3) is 0.571. The number of phenolic OH excluding ortho intramolecular Hbond substituents is 1. The molecule has 2 heteroatoms. The van der Waals surface area contributed by atoms with Crippen LogP contribution in [-0.4, -0.2) is 17.7 Å². The van der Waals surface area contributed by atoms with Crippen LogP contribution in [0.2, 0.25) is 0 Å². The highest BCUT2D eigenvalue weighted by Gasteiger charge is 2.05. The van der Waals surface area contributed by atoms with Gasteiger partial charge in [-0.25, -0.2) is 0 Å². The quantitative estimate of drug-likeness (QED) is 0.774. The third kappa shape index (κ3) is 4.67. The van der Waals surface area contributed by atoms with E-state index in [4.69, 9.17) is 0 Å². The molecule has 0 radical (unpaired) electrons. The molecule has 0 bridgehead atoms. The molecule has 1 aromatic carbocycles. The maximum atomic E-state index is 9.18. The minimum Gasteiger partial charge on any atom is -0.508 e. The maximum absolute atomic E-state index is 9.18. The zero-order chi connectivity index (χ0) is 12.0. The molecule has 0 spiro atoms. The molecule has 1 rings (SSSR count). The second-order valence-corrected chi connectivity index (χ2v) is 4.69. The van der Waals surface area contributed by atoms with Gasteiger partial charge in [-0.3, -0.25) is 0 Å². The van der Waals surface area contributed by atoms with E-state index in [-0.39, 0.29) is 0 Å². The molecule has 0 aromatic heterocycles. The van der Waals surface area contributed by atoms with Gasteiger partial charge in [-0.05, 0) is 43.5 Å². The standard InChI is InChI=1S/C14H23NO/c1-4-11(2)10-15-12(3)9-13-5-7-14(16)8-6-13/h5-8,11-12,15-16H,4,9-10H2,1-3H3. The predicted octanol–water partition coefficient (Wildman–Crippen LogP) is 2.96. The minimum atomic E-state index is 0.337. The Kier molecular flexibility index (Phi) is 5.33. The summed E-state index contributed by atoms with van der Waals surface area (Å²) in [4.78, 5) is 0. The third-order valence-corrected chi connectivity index (χ3v) is 2.99. The van der Waals surface area contributed by atoms with Gasteiger partial charge in [-0.1, -0.05) is 32.4 Å². The highest BCUT2D eigenvalue weighted by molar-refractivity contribution is 5.26. The topological polar surface area (TPSA) is 32.3 Å². The van der Waals surface area contributed by atoms with Crippen molar-refractivity contribution in [3.05, 3.63) is 29.8 Å². The van der Waals surface area contributed by atoms with Crippen LogP contribution in [-0.2, 0) is 6.42 Å². The molecule has 0 aliphatic carbocycles. The van der Waals surface area contributed by atoms with Crippen molar-refractivity contribution in [1.82, 2.24) is 5.32 Å². The Balaban J connectivity index is 2.33. The fourth-order valence-corrected chi connectivity index (χ4v) is 1.60. The van der Waals surface area contributed by atoms with E-state index in [1.54, 1.807) is 12.1 Å². The van der Waals surface area contributed by atoms with Crippen LogP contribution < -0.4 is 5.32 Å². The van der Waals surface area contributed by atoms with Gasteiger partial charge in [0.15, 0.2) is 0 Å². The summed E-state index contributed by atoms with van der Waals surface area (Å²) in [5.74, 6) is 1.08. The van der Waals surface area contributed by atoms with Crippen molar-refractivity contribution < 1.29 is 5.11 Å². The van der Waals surface area contributed by atoms with E-state index in [0.717, 1.165) is 18.9 Å². The molecular weight excluding hydrogens is 198 g/mol. The average Bonchev–Trinajstić information content (AvgIpc) is 2.29. The zero-order valence-electron chi connectivity index (χ0n) is 10.5. The maximum Gasteiger partial charge on any atom is 0.115 e. The Morgan fingerprint density at radius 2 is 1.81 bits per heavy atom. The molecule has 0 heterocycles. The van der Waals surface area contributed by atoms with Gasteiger partial charge < -0.3 is 10.4 Å². The Labute approximate surface area is 98.7 Å². The smallest absolute Gasteiger partial charge is 0.115 e. The third-order valence-electron chi connectivity index (χ3n) is 2.99. The number of hydrogen-bond donors (Lipinski definition) is 2. The molecular formula is C14H23NO. The van der Waals surface area contributed by atoms with Crippen LogP contribution in [0, 0.1) is 5.92 Å². The fourth-order valence-electron chi connectivity index (χ4n) is 1.60. The van der Waals surface area contributed by atoms with Gasteiger partial charge >= 0.3 is 0 Å². The lowest BCUT2D eigenvalue weighted by atomic mass is 10.1. The van der Waals surface area contributed by atoms with Crippen LogP contribution in [0.5, 0.6) is 5.75 Å². The summed E-state index contributed by atoms with van der Waals surface area (Å²) >= 11 is 0. The van der Waals surface area contributed by atoms with Crippen LogP contribution in [0.15, 0.2) is 24.3 Å². The van der Waals surface area contributed by atoms with Crippen molar-refractivity contribution >= 4 is 0 Å². The highest BCUT2D eigenvalue weighted by Crippen LogP contribution is 2.11. The minimum absolute atomic E-state index is 0.337. The summed E-state index contributed by atoms with van der Waals surface area (Å²) < 4.78 is 0. The first-order chi connectivity index (χ1) is 7.61. The number of benzene rings is 1. The summed E-state index contributed by atoms with van der Waals surface area (Å²) in [5, 5.41) is 12.7. The van der Waals surface area contributed by atoms with Crippen molar-refractivity contribution in [2.75, 3.05) is 6.54 Å². The first-order valence-corrected chi connectivity index (χ1v) is 6.13. The monoisotopic (exact) mass is 221 g/mol. The van der Waals surface area contributed by atoms with Gasteiger partial charge in [0, 0.05) is 6.04 Å². The number of hydrogen-bond acceptors (Lipinski definition) is 2. The zero-order valence-corrected chi connectivity index (χ0v) is 10.5. The Morgan fingerprint density at radius 3 is 2.38 bits per heavy atom. The molecule has 90 valence electrons. The predicted molar refractivity (Wildman–Crippen MR) is 68.7 cm³/mol. The normalized spacial score (nSPS) is 14.7. The van der Waals surface area contributed by atoms with E-state index in [1.807, 2.05) is 12.1 Å². The Hall–Kier alpha value is -1.02. The van der Waals surface area contributed by atoms with Crippen LogP contribution in [0.1, 0.15) is 32.8 Å². The van der Waals surface area contributed by atoms with E-state index >= 15 is 0 Å². The van der Waals surface area contributed by atoms with Gasteiger partial charge in [-0.15, -0.1) is 0 Å². The van der Waals surface area contributed by atoms with Gasteiger partial charge in [0.25, 0.3) is 0 Å². The van der Waals surface area contributed by atoms with E-state index in [0.29, 0.717) is 11.8 Å². The van der Waals surface area contributed by atoms with Crippen molar-refractivity contribution in [2.24, 2.45) is 5.92 Å². The lowest BCUT2D eigenvalue weighted by molar-refractivity contribution is 0.450. The molecule has 2 unspecified atom stereocenters. The van der Waals surface area contributed by atoms with Crippen LogP contribution >= 0.6 is 0 Å². The van der Waals surface area contributed by atoms with Crippen LogP contribution in [0.4, 0.5) is 0 Å². The average molecular weight is 221 g/mol. The molecule has 2 atom stereocenters. The molecule has 1 aromatic rings. The molecule has 0 fully saturated rings. The molecule has 16 heavy (non-hydrogen) atoms.